The van der Waals surface area contributed by atoms with Gasteiger partial charge in [-0.1, -0.05) is 25.4 Å². The zero-order valence-electron chi connectivity index (χ0n) is 20.7. The number of benzene rings is 1. The number of aromatic nitrogens is 2. The third-order valence-electron chi connectivity index (χ3n) is 6.43. The third kappa shape index (κ3) is 5.62. The fraction of sp³-hybridized carbons (Fsp3) is 0.560. The van der Waals surface area contributed by atoms with Crippen LogP contribution in [0.1, 0.15) is 52.0 Å². The summed E-state index contributed by atoms with van der Waals surface area (Å²) in [5.74, 6) is 0.518. The number of hydrogen-bond acceptors (Lipinski definition) is 6. The second-order valence-corrected chi connectivity index (χ2v) is 9.22. The van der Waals surface area contributed by atoms with Crippen LogP contribution in [0.25, 0.3) is 0 Å². The summed E-state index contributed by atoms with van der Waals surface area (Å²) in [6.07, 6.45) is 5.57. The standard InChI is InChI=1S/C25H34ClFN6O2/c1-4-31(5-2)14-8-7-13-28-24-29-15-17-16-32(25(34)33(18-9-10-18)23(17)30-24)22-19(26)11-12-20(21(22)27)35-6-3/h11-12,15,18H,4-10,13-14,16H2,1-3H3,(H,28,29,30). The Hall–Kier alpha value is -2.65. The first-order valence-electron chi connectivity index (χ1n) is 12.5. The van der Waals surface area contributed by atoms with Crippen molar-refractivity contribution in [2.75, 3.05) is 47.9 Å². The maximum absolute atomic E-state index is 15.3. The second-order valence-electron chi connectivity index (χ2n) is 8.81. The van der Waals surface area contributed by atoms with Crippen molar-refractivity contribution in [3.05, 3.63) is 34.7 Å². The largest absolute Gasteiger partial charge is 0.491 e. The number of halogens is 2. The molecule has 0 radical (unpaired) electrons. The molecule has 190 valence electrons. The summed E-state index contributed by atoms with van der Waals surface area (Å²) in [5, 5.41) is 3.45. The predicted molar refractivity (Wildman–Crippen MR) is 137 cm³/mol. The van der Waals surface area contributed by atoms with Crippen molar-refractivity contribution in [3.8, 4) is 5.75 Å². The molecule has 0 unspecified atom stereocenters. The Morgan fingerprint density at radius 3 is 2.69 bits per heavy atom. The molecule has 0 saturated heterocycles. The van der Waals surface area contributed by atoms with E-state index in [1.807, 2.05) is 0 Å². The molecule has 2 heterocycles. The number of carbonyl (C=O) groups excluding carboxylic acids is 1. The lowest BCUT2D eigenvalue weighted by Gasteiger charge is -2.36. The Kier molecular flexibility index (Phi) is 8.28. The fourth-order valence-electron chi connectivity index (χ4n) is 4.34. The van der Waals surface area contributed by atoms with Crippen molar-refractivity contribution in [1.82, 2.24) is 14.9 Å². The van der Waals surface area contributed by atoms with Gasteiger partial charge in [-0.15, -0.1) is 0 Å². The van der Waals surface area contributed by atoms with E-state index in [1.165, 1.54) is 11.0 Å². The number of fused-ring (bicyclic) bond motifs is 1. The summed E-state index contributed by atoms with van der Waals surface area (Å²) in [5.41, 5.74) is 0.773. The molecule has 10 heteroatoms. The van der Waals surface area contributed by atoms with Gasteiger partial charge in [-0.2, -0.15) is 4.98 Å². The summed E-state index contributed by atoms with van der Waals surface area (Å²) in [6, 6.07) is 2.74. The van der Waals surface area contributed by atoms with E-state index in [0.717, 1.165) is 57.4 Å². The fourth-order valence-corrected chi connectivity index (χ4v) is 4.58. The van der Waals surface area contributed by atoms with E-state index in [0.29, 0.717) is 18.4 Å². The second kappa shape index (κ2) is 11.4. The van der Waals surface area contributed by atoms with Crippen LogP contribution in [0, 0.1) is 5.82 Å². The number of ether oxygens (including phenoxy) is 1. The highest BCUT2D eigenvalue weighted by atomic mass is 35.5. The molecule has 35 heavy (non-hydrogen) atoms. The average Bonchev–Trinajstić information content (AvgIpc) is 3.69. The summed E-state index contributed by atoms with van der Waals surface area (Å²) in [7, 11) is 0. The highest BCUT2D eigenvalue weighted by molar-refractivity contribution is 6.34. The molecule has 2 aromatic rings. The highest BCUT2D eigenvalue weighted by Gasteiger charge is 2.43. The predicted octanol–water partition coefficient (Wildman–Crippen LogP) is 5.31. The lowest BCUT2D eigenvalue weighted by atomic mass is 10.1. The highest BCUT2D eigenvalue weighted by Crippen LogP contribution is 2.42. The van der Waals surface area contributed by atoms with Crippen LogP contribution in [-0.4, -0.2) is 59.7 Å². The molecular weight excluding hydrogens is 471 g/mol. The van der Waals surface area contributed by atoms with Crippen molar-refractivity contribution in [2.45, 2.75) is 59.0 Å². The van der Waals surface area contributed by atoms with Crippen molar-refractivity contribution in [2.24, 2.45) is 0 Å². The monoisotopic (exact) mass is 504 g/mol. The maximum atomic E-state index is 15.3. The van der Waals surface area contributed by atoms with Gasteiger partial charge in [-0.3, -0.25) is 9.80 Å². The molecule has 4 rings (SSSR count). The van der Waals surface area contributed by atoms with Crippen molar-refractivity contribution in [1.29, 1.82) is 0 Å². The lowest BCUT2D eigenvalue weighted by Crippen LogP contribution is -2.49. The molecule has 1 aromatic heterocycles. The van der Waals surface area contributed by atoms with Crippen LogP contribution in [-0.2, 0) is 6.54 Å². The van der Waals surface area contributed by atoms with Crippen LogP contribution >= 0.6 is 11.6 Å². The first kappa shape index (κ1) is 25.4. The van der Waals surface area contributed by atoms with Gasteiger partial charge in [0.25, 0.3) is 0 Å². The van der Waals surface area contributed by atoms with Gasteiger partial charge in [0.1, 0.15) is 11.5 Å². The zero-order valence-corrected chi connectivity index (χ0v) is 21.4. The van der Waals surface area contributed by atoms with Gasteiger partial charge in [0.15, 0.2) is 11.6 Å². The minimum Gasteiger partial charge on any atom is -0.491 e. The van der Waals surface area contributed by atoms with Crippen molar-refractivity contribution >= 4 is 35.1 Å². The first-order chi connectivity index (χ1) is 17.0. The molecule has 2 amide bonds. The van der Waals surface area contributed by atoms with Gasteiger partial charge in [-0.05, 0) is 64.4 Å². The van der Waals surface area contributed by atoms with Gasteiger partial charge < -0.3 is 15.0 Å². The molecule has 0 spiro atoms. The van der Waals surface area contributed by atoms with E-state index in [4.69, 9.17) is 16.3 Å². The zero-order chi connectivity index (χ0) is 24.9. The van der Waals surface area contributed by atoms with Gasteiger partial charge >= 0.3 is 6.03 Å². The number of urea groups is 1. The molecule has 1 aromatic carbocycles. The number of nitrogens with one attached hydrogen (secondary N) is 1. The number of hydrogen-bond donors (Lipinski definition) is 1. The van der Waals surface area contributed by atoms with Gasteiger partial charge in [-0.25, -0.2) is 14.2 Å². The molecular formula is C25H34ClFN6O2. The number of amides is 2. The normalized spacial score (nSPS) is 15.5. The molecule has 2 aliphatic rings. The number of unbranched alkanes of at least 4 members (excludes halogenated alkanes) is 1. The van der Waals surface area contributed by atoms with E-state index >= 15 is 4.39 Å². The van der Waals surface area contributed by atoms with E-state index in [9.17, 15) is 4.79 Å². The number of anilines is 3. The van der Waals surface area contributed by atoms with E-state index in [-0.39, 0.29) is 35.1 Å². The number of nitrogens with zero attached hydrogens (tertiary/aromatic N) is 5. The van der Waals surface area contributed by atoms with Crippen molar-refractivity contribution in [3.63, 3.8) is 0 Å². The molecule has 1 N–H and O–H groups in total. The smallest absolute Gasteiger partial charge is 0.330 e. The Labute approximate surface area is 211 Å². The Balaban J connectivity index is 1.52. The minimum absolute atomic E-state index is 0.0225. The molecule has 1 aliphatic heterocycles. The summed E-state index contributed by atoms with van der Waals surface area (Å²) in [6.45, 7) is 10.5. The minimum atomic E-state index is -0.643. The molecule has 1 aliphatic carbocycles. The van der Waals surface area contributed by atoms with E-state index < -0.39 is 5.82 Å². The van der Waals surface area contributed by atoms with Gasteiger partial charge in [0.05, 0.1) is 18.2 Å². The van der Waals surface area contributed by atoms with Crippen LogP contribution in [0.2, 0.25) is 5.02 Å². The molecule has 8 nitrogen and oxygen atoms in total. The Bertz CT molecular complexity index is 1050. The van der Waals surface area contributed by atoms with Crippen molar-refractivity contribution < 1.29 is 13.9 Å². The summed E-state index contributed by atoms with van der Waals surface area (Å²) in [4.78, 5) is 28.2. The van der Waals surface area contributed by atoms with Gasteiger partial charge in [0, 0.05) is 24.3 Å². The topological polar surface area (TPSA) is 73.8 Å². The molecule has 1 fully saturated rings. The van der Waals surface area contributed by atoms with Crippen LogP contribution in [0.5, 0.6) is 5.75 Å². The summed E-state index contributed by atoms with van der Waals surface area (Å²) < 4.78 is 20.7. The van der Waals surface area contributed by atoms with Crippen LogP contribution in [0.15, 0.2) is 18.3 Å². The molecule has 0 bridgehead atoms. The SMILES string of the molecule is CCOc1ccc(Cl)c(N2Cc3cnc(NCCCCN(CC)CC)nc3N(C3CC3)C2=O)c1F. The molecule has 0 atom stereocenters. The molecule has 1 saturated carbocycles. The quantitative estimate of drug-likeness (QED) is 0.395. The Morgan fingerprint density at radius 2 is 2.00 bits per heavy atom. The van der Waals surface area contributed by atoms with Gasteiger partial charge in [0.2, 0.25) is 5.95 Å². The lowest BCUT2D eigenvalue weighted by molar-refractivity contribution is 0.249. The Morgan fingerprint density at radius 1 is 1.23 bits per heavy atom. The van der Waals surface area contributed by atoms with Crippen LogP contribution in [0.4, 0.5) is 26.6 Å². The first-order valence-corrected chi connectivity index (χ1v) is 12.9. The average molecular weight is 505 g/mol. The van der Waals surface area contributed by atoms with E-state index in [1.54, 1.807) is 24.1 Å². The number of rotatable bonds is 12. The third-order valence-corrected chi connectivity index (χ3v) is 6.73. The number of carbonyl (C=O) groups is 1. The maximum Gasteiger partial charge on any atom is 0.330 e. The van der Waals surface area contributed by atoms with Crippen LogP contribution < -0.4 is 19.9 Å². The summed E-state index contributed by atoms with van der Waals surface area (Å²) >= 11 is 6.36. The van der Waals surface area contributed by atoms with Crippen LogP contribution in [0.3, 0.4) is 0 Å². The van der Waals surface area contributed by atoms with E-state index in [2.05, 4.69) is 34.0 Å².